The number of ether oxygens (including phenoxy) is 1. The molecule has 1 aliphatic heterocycles. The van der Waals surface area contributed by atoms with Gasteiger partial charge < -0.3 is 24.7 Å². The number of pyridine rings is 1. The number of nitrogens with one attached hydrogen (secondary N) is 2. The molecule has 0 saturated carbocycles. The van der Waals surface area contributed by atoms with E-state index in [-0.39, 0.29) is 18.0 Å². The van der Waals surface area contributed by atoms with Crippen LogP contribution in [-0.2, 0) is 4.79 Å². The van der Waals surface area contributed by atoms with E-state index >= 15 is 0 Å². The highest BCUT2D eigenvalue weighted by Crippen LogP contribution is 2.43. The zero-order valence-electron chi connectivity index (χ0n) is 16.0. The van der Waals surface area contributed by atoms with E-state index in [1.54, 1.807) is 25.6 Å². The third kappa shape index (κ3) is 3.66. The Kier molecular flexibility index (Phi) is 5.18. The lowest BCUT2D eigenvalue weighted by Gasteiger charge is -2.26. The maximum atomic E-state index is 11.6. The molecule has 2 aromatic heterocycles. The van der Waals surface area contributed by atoms with E-state index in [1.165, 1.54) is 6.92 Å². The van der Waals surface area contributed by atoms with E-state index in [0.29, 0.717) is 16.5 Å². The fourth-order valence-corrected chi connectivity index (χ4v) is 3.86. The molecule has 1 fully saturated rings. The smallest absolute Gasteiger partial charge is 0.221 e. The standard InChI is InChI=1S/C21H20N4O3S/c1-13(26)23-16-12-14(8-9-17(16)27-2)25-20(18-7-5-11-28-18)19(24-21(25)29)15-6-3-4-10-22-15/h3-12,19-20H,1-2H3,(H,23,26)(H,24,29)/t19-,20+/m1/s1. The van der Waals surface area contributed by atoms with Crippen LogP contribution in [0.3, 0.4) is 0 Å². The molecule has 3 aromatic rings. The van der Waals surface area contributed by atoms with Gasteiger partial charge in [-0.25, -0.2) is 0 Å². The van der Waals surface area contributed by atoms with Crippen LogP contribution < -0.4 is 20.3 Å². The minimum absolute atomic E-state index is 0.184. The van der Waals surface area contributed by atoms with Gasteiger partial charge in [0.1, 0.15) is 17.6 Å². The Morgan fingerprint density at radius 2 is 2.14 bits per heavy atom. The van der Waals surface area contributed by atoms with Crippen LogP contribution in [0.4, 0.5) is 11.4 Å². The molecule has 2 atom stereocenters. The van der Waals surface area contributed by atoms with Crippen LogP contribution in [0.1, 0.15) is 30.5 Å². The Balaban J connectivity index is 1.79. The zero-order chi connectivity index (χ0) is 20.4. The average Bonchev–Trinajstić information content (AvgIpc) is 3.35. The maximum Gasteiger partial charge on any atom is 0.221 e. The molecule has 0 radical (unpaired) electrons. The molecule has 2 N–H and O–H groups in total. The largest absolute Gasteiger partial charge is 0.495 e. The van der Waals surface area contributed by atoms with Crippen molar-refractivity contribution in [2.45, 2.75) is 19.0 Å². The van der Waals surface area contributed by atoms with E-state index in [9.17, 15) is 4.79 Å². The van der Waals surface area contributed by atoms with Crippen molar-refractivity contribution >= 4 is 34.6 Å². The maximum absolute atomic E-state index is 11.6. The summed E-state index contributed by atoms with van der Waals surface area (Å²) >= 11 is 5.67. The molecule has 0 unspecified atom stereocenters. The first kappa shape index (κ1) is 18.9. The van der Waals surface area contributed by atoms with Crippen molar-refractivity contribution in [2.75, 3.05) is 17.3 Å². The lowest BCUT2D eigenvalue weighted by atomic mass is 10.0. The molecule has 1 amide bonds. The quantitative estimate of drug-likeness (QED) is 0.621. The zero-order valence-corrected chi connectivity index (χ0v) is 16.8. The molecular formula is C21H20N4O3S. The van der Waals surface area contributed by atoms with Gasteiger partial charge in [-0.3, -0.25) is 9.78 Å². The van der Waals surface area contributed by atoms with Gasteiger partial charge in [-0.1, -0.05) is 6.07 Å². The molecule has 0 aliphatic carbocycles. The summed E-state index contributed by atoms with van der Waals surface area (Å²) in [5.74, 6) is 1.14. The second-order valence-corrected chi connectivity index (χ2v) is 6.96. The van der Waals surface area contributed by atoms with Gasteiger partial charge in [-0.2, -0.15) is 0 Å². The van der Waals surface area contributed by atoms with Gasteiger partial charge in [0.15, 0.2) is 5.11 Å². The first-order valence-corrected chi connectivity index (χ1v) is 9.49. The number of furan rings is 1. The fraction of sp³-hybridized carbons (Fsp3) is 0.190. The summed E-state index contributed by atoms with van der Waals surface area (Å²) in [4.78, 5) is 18.1. The number of benzene rings is 1. The van der Waals surface area contributed by atoms with Crippen LogP contribution in [-0.4, -0.2) is 23.1 Å². The van der Waals surface area contributed by atoms with Crippen LogP contribution in [0.15, 0.2) is 65.4 Å². The Labute approximate surface area is 173 Å². The van der Waals surface area contributed by atoms with E-state index in [1.807, 2.05) is 47.4 Å². The van der Waals surface area contributed by atoms with Crippen molar-refractivity contribution in [1.29, 1.82) is 0 Å². The van der Waals surface area contributed by atoms with Gasteiger partial charge in [-0.05, 0) is 54.7 Å². The van der Waals surface area contributed by atoms with E-state index in [4.69, 9.17) is 21.4 Å². The van der Waals surface area contributed by atoms with Crippen LogP contribution in [0.25, 0.3) is 0 Å². The normalized spacial score (nSPS) is 18.4. The molecule has 0 spiro atoms. The summed E-state index contributed by atoms with van der Waals surface area (Å²) in [7, 11) is 1.56. The second-order valence-electron chi connectivity index (χ2n) is 6.58. The van der Waals surface area contributed by atoms with Crippen molar-refractivity contribution in [3.63, 3.8) is 0 Å². The highest BCUT2D eigenvalue weighted by atomic mass is 32.1. The summed E-state index contributed by atoms with van der Waals surface area (Å²) in [6.07, 6.45) is 3.39. The van der Waals surface area contributed by atoms with Gasteiger partial charge in [0.25, 0.3) is 0 Å². The third-order valence-corrected chi connectivity index (χ3v) is 5.02. The molecule has 3 heterocycles. The Morgan fingerprint density at radius 1 is 1.28 bits per heavy atom. The number of thiocarbonyl (C=S) groups is 1. The van der Waals surface area contributed by atoms with Crippen molar-refractivity contribution in [1.82, 2.24) is 10.3 Å². The summed E-state index contributed by atoms with van der Waals surface area (Å²) in [6, 6.07) is 14.6. The Morgan fingerprint density at radius 3 is 2.79 bits per heavy atom. The Bertz CT molecular complexity index is 1020. The number of rotatable bonds is 5. The van der Waals surface area contributed by atoms with Gasteiger partial charge in [0.05, 0.1) is 30.8 Å². The monoisotopic (exact) mass is 408 g/mol. The van der Waals surface area contributed by atoms with Crippen LogP contribution in [0.5, 0.6) is 5.75 Å². The molecule has 7 nitrogen and oxygen atoms in total. The van der Waals surface area contributed by atoms with Gasteiger partial charge in [-0.15, -0.1) is 0 Å². The van der Waals surface area contributed by atoms with Crippen molar-refractivity contribution in [3.8, 4) is 5.75 Å². The number of nitrogens with zero attached hydrogens (tertiary/aromatic N) is 2. The topological polar surface area (TPSA) is 79.6 Å². The van der Waals surface area contributed by atoms with E-state index < -0.39 is 0 Å². The SMILES string of the molecule is COc1ccc(N2C(=S)N[C@H](c3ccccn3)[C@@H]2c2ccco2)cc1NC(C)=O. The van der Waals surface area contributed by atoms with Crippen molar-refractivity contribution in [2.24, 2.45) is 0 Å². The van der Waals surface area contributed by atoms with Crippen molar-refractivity contribution < 1.29 is 13.9 Å². The first-order valence-electron chi connectivity index (χ1n) is 9.08. The van der Waals surface area contributed by atoms with Crippen LogP contribution in [0, 0.1) is 0 Å². The molecule has 29 heavy (non-hydrogen) atoms. The molecule has 148 valence electrons. The number of carbonyl (C=O) groups excluding carboxylic acids is 1. The average molecular weight is 408 g/mol. The minimum Gasteiger partial charge on any atom is -0.495 e. The van der Waals surface area contributed by atoms with Crippen LogP contribution >= 0.6 is 12.2 Å². The summed E-state index contributed by atoms with van der Waals surface area (Å²) in [5.41, 5.74) is 2.22. The number of carbonyl (C=O) groups is 1. The predicted molar refractivity (Wildman–Crippen MR) is 114 cm³/mol. The van der Waals surface area contributed by atoms with E-state index in [2.05, 4.69) is 15.6 Å². The molecule has 1 saturated heterocycles. The number of hydrogen-bond donors (Lipinski definition) is 2. The summed E-state index contributed by atoms with van der Waals surface area (Å²) in [5, 5.41) is 6.71. The number of hydrogen-bond acceptors (Lipinski definition) is 5. The van der Waals surface area contributed by atoms with E-state index in [0.717, 1.165) is 17.1 Å². The molecule has 1 aromatic carbocycles. The van der Waals surface area contributed by atoms with Crippen molar-refractivity contribution in [3.05, 3.63) is 72.4 Å². The highest BCUT2D eigenvalue weighted by Gasteiger charge is 2.42. The first-order chi connectivity index (χ1) is 14.1. The minimum atomic E-state index is -0.244. The lowest BCUT2D eigenvalue weighted by molar-refractivity contribution is -0.114. The molecule has 4 rings (SSSR count). The molecular weight excluding hydrogens is 388 g/mol. The highest BCUT2D eigenvalue weighted by molar-refractivity contribution is 7.80. The predicted octanol–water partition coefficient (Wildman–Crippen LogP) is 3.82. The molecule has 0 bridgehead atoms. The van der Waals surface area contributed by atoms with Gasteiger partial charge in [0, 0.05) is 18.8 Å². The number of anilines is 2. The number of methoxy groups -OCH3 is 1. The van der Waals surface area contributed by atoms with Gasteiger partial charge in [0.2, 0.25) is 5.91 Å². The summed E-state index contributed by atoms with van der Waals surface area (Å²) < 4.78 is 11.1. The number of aromatic nitrogens is 1. The Hall–Kier alpha value is -3.39. The molecule has 8 heteroatoms. The second kappa shape index (κ2) is 7.92. The van der Waals surface area contributed by atoms with Crippen LogP contribution in [0.2, 0.25) is 0 Å². The lowest BCUT2D eigenvalue weighted by Crippen LogP contribution is -2.29. The van der Waals surface area contributed by atoms with Gasteiger partial charge >= 0.3 is 0 Å². The molecule has 1 aliphatic rings. The fourth-order valence-electron chi connectivity index (χ4n) is 3.51. The summed E-state index contributed by atoms with van der Waals surface area (Å²) in [6.45, 7) is 1.46. The number of amides is 1. The third-order valence-electron chi connectivity index (χ3n) is 4.70.